The molecule has 6 heteroatoms. The molecule has 4 nitrogen and oxygen atoms in total. The molecule has 0 saturated heterocycles. The highest BCUT2D eigenvalue weighted by molar-refractivity contribution is 8.02. The Balaban J connectivity index is 1.68. The standard InChI is InChI=1S/C19H20O4S2/c1-13-12-16(24-10-6-14-4-2-8-22-14)19(18(21)17(13)20)25-11-7-15-5-3-9-23-15/h2-5,8-9,12,20-21H,6-7,10-11H2,1H3. The van der Waals surface area contributed by atoms with Gasteiger partial charge in [0.05, 0.1) is 17.4 Å². The van der Waals surface area contributed by atoms with Gasteiger partial charge in [0, 0.05) is 29.2 Å². The van der Waals surface area contributed by atoms with Crippen molar-refractivity contribution < 1.29 is 19.0 Å². The van der Waals surface area contributed by atoms with E-state index >= 15 is 0 Å². The smallest absolute Gasteiger partial charge is 0.172 e. The van der Waals surface area contributed by atoms with Gasteiger partial charge in [-0.15, -0.1) is 23.5 Å². The molecule has 2 N–H and O–H groups in total. The molecule has 0 unspecified atom stereocenters. The van der Waals surface area contributed by atoms with Gasteiger partial charge in [-0.1, -0.05) is 0 Å². The summed E-state index contributed by atoms with van der Waals surface area (Å²) in [6, 6.07) is 9.57. The number of hydrogen-bond acceptors (Lipinski definition) is 6. The molecule has 0 fully saturated rings. The maximum atomic E-state index is 10.4. The number of benzene rings is 1. The van der Waals surface area contributed by atoms with Crippen molar-refractivity contribution in [2.24, 2.45) is 0 Å². The fourth-order valence-corrected chi connectivity index (χ4v) is 4.72. The number of phenols is 2. The van der Waals surface area contributed by atoms with Gasteiger partial charge in [-0.05, 0) is 42.8 Å². The second-order valence-corrected chi connectivity index (χ2v) is 7.82. The summed E-state index contributed by atoms with van der Waals surface area (Å²) in [6.07, 6.45) is 4.91. The van der Waals surface area contributed by atoms with Gasteiger partial charge in [0.25, 0.3) is 0 Å². The predicted octanol–water partition coefficient (Wildman–Crippen LogP) is 5.26. The lowest BCUT2D eigenvalue weighted by atomic mass is 10.2. The van der Waals surface area contributed by atoms with Gasteiger partial charge in [-0.2, -0.15) is 0 Å². The number of thioether (sulfide) groups is 2. The number of furan rings is 2. The quantitative estimate of drug-likeness (QED) is 0.413. The summed E-state index contributed by atoms with van der Waals surface area (Å²) in [5.74, 6) is 3.37. The topological polar surface area (TPSA) is 66.7 Å². The maximum Gasteiger partial charge on any atom is 0.172 e. The number of aryl methyl sites for hydroxylation is 3. The zero-order valence-electron chi connectivity index (χ0n) is 13.9. The van der Waals surface area contributed by atoms with E-state index in [0.29, 0.717) is 5.56 Å². The zero-order chi connectivity index (χ0) is 17.6. The highest BCUT2D eigenvalue weighted by atomic mass is 32.2. The van der Waals surface area contributed by atoms with E-state index in [2.05, 4.69) is 0 Å². The summed E-state index contributed by atoms with van der Waals surface area (Å²) in [5, 5.41) is 20.4. The first-order chi connectivity index (χ1) is 12.1. The van der Waals surface area contributed by atoms with Gasteiger partial charge < -0.3 is 19.0 Å². The molecule has 0 spiro atoms. The number of aromatic hydroxyl groups is 2. The molecule has 0 radical (unpaired) electrons. The first-order valence-electron chi connectivity index (χ1n) is 8.01. The van der Waals surface area contributed by atoms with Crippen LogP contribution < -0.4 is 0 Å². The molecule has 0 aliphatic carbocycles. The third kappa shape index (κ3) is 4.58. The zero-order valence-corrected chi connectivity index (χ0v) is 15.5. The molecule has 25 heavy (non-hydrogen) atoms. The normalized spacial score (nSPS) is 11.1. The Bertz CT molecular complexity index is 795. The van der Waals surface area contributed by atoms with Crippen LogP contribution in [0.15, 0.2) is 61.5 Å². The lowest BCUT2D eigenvalue weighted by Crippen LogP contribution is -1.92. The van der Waals surface area contributed by atoms with E-state index in [1.165, 1.54) is 11.8 Å². The van der Waals surface area contributed by atoms with E-state index in [1.54, 1.807) is 31.2 Å². The van der Waals surface area contributed by atoms with Crippen molar-refractivity contribution in [3.63, 3.8) is 0 Å². The highest BCUT2D eigenvalue weighted by Crippen LogP contribution is 2.45. The van der Waals surface area contributed by atoms with Crippen LogP contribution in [-0.4, -0.2) is 21.7 Å². The van der Waals surface area contributed by atoms with Crippen molar-refractivity contribution in [2.75, 3.05) is 11.5 Å². The van der Waals surface area contributed by atoms with Crippen molar-refractivity contribution in [3.8, 4) is 11.5 Å². The Hall–Kier alpha value is -1.92. The second kappa shape index (κ2) is 8.45. The van der Waals surface area contributed by atoms with Crippen molar-refractivity contribution in [2.45, 2.75) is 29.6 Å². The first kappa shape index (κ1) is 17.9. The summed E-state index contributed by atoms with van der Waals surface area (Å²) in [5.41, 5.74) is 0.674. The van der Waals surface area contributed by atoms with Crippen molar-refractivity contribution in [1.82, 2.24) is 0 Å². The molecule has 0 aliphatic rings. The van der Waals surface area contributed by atoms with Gasteiger partial charge in [0.1, 0.15) is 11.5 Å². The lowest BCUT2D eigenvalue weighted by molar-refractivity contribution is 0.390. The Labute approximate surface area is 155 Å². The molecular weight excluding hydrogens is 356 g/mol. The highest BCUT2D eigenvalue weighted by Gasteiger charge is 2.16. The van der Waals surface area contributed by atoms with Crippen LogP contribution in [0.2, 0.25) is 0 Å². The van der Waals surface area contributed by atoms with Gasteiger partial charge in [-0.3, -0.25) is 0 Å². The van der Waals surface area contributed by atoms with E-state index in [9.17, 15) is 10.2 Å². The Morgan fingerprint density at radius 2 is 1.48 bits per heavy atom. The summed E-state index contributed by atoms with van der Waals surface area (Å²) in [6.45, 7) is 1.79. The molecular formula is C19H20O4S2. The molecule has 0 aliphatic heterocycles. The monoisotopic (exact) mass is 376 g/mol. The number of phenolic OH excluding ortho intramolecular Hbond substituents is 2. The molecule has 0 saturated carbocycles. The van der Waals surface area contributed by atoms with Gasteiger partial charge in [-0.25, -0.2) is 0 Å². The van der Waals surface area contributed by atoms with Crippen LogP contribution in [0.25, 0.3) is 0 Å². The van der Waals surface area contributed by atoms with Crippen LogP contribution in [-0.2, 0) is 12.8 Å². The minimum absolute atomic E-state index is 0.0371. The number of hydrogen-bond donors (Lipinski definition) is 2. The molecule has 3 aromatic rings. The van der Waals surface area contributed by atoms with Gasteiger partial charge in [0.2, 0.25) is 0 Å². The molecule has 0 amide bonds. The fourth-order valence-electron chi connectivity index (χ4n) is 2.41. The molecule has 0 bridgehead atoms. The Morgan fingerprint density at radius 1 is 0.880 bits per heavy atom. The maximum absolute atomic E-state index is 10.4. The van der Waals surface area contributed by atoms with E-state index < -0.39 is 0 Å². The van der Waals surface area contributed by atoms with Gasteiger partial charge in [0.15, 0.2) is 11.5 Å². The fraction of sp³-hybridized carbons (Fsp3) is 0.263. The third-order valence-corrected chi connectivity index (χ3v) is 6.03. The number of rotatable bonds is 8. The van der Waals surface area contributed by atoms with Crippen molar-refractivity contribution in [1.29, 1.82) is 0 Å². The second-order valence-electron chi connectivity index (χ2n) is 5.57. The van der Waals surface area contributed by atoms with Crippen LogP contribution in [0.4, 0.5) is 0 Å². The molecule has 2 aromatic heterocycles. The SMILES string of the molecule is Cc1cc(SCCc2ccco2)c(SCCc2ccco2)c(O)c1O. The molecule has 132 valence electrons. The largest absolute Gasteiger partial charge is 0.504 e. The van der Waals surface area contributed by atoms with Crippen LogP contribution in [0.5, 0.6) is 11.5 Å². The van der Waals surface area contributed by atoms with Gasteiger partial charge >= 0.3 is 0 Å². The molecule has 1 aromatic carbocycles. The average molecular weight is 376 g/mol. The Morgan fingerprint density at radius 3 is 2.04 bits per heavy atom. The summed E-state index contributed by atoms with van der Waals surface area (Å²) in [4.78, 5) is 1.70. The third-order valence-electron chi connectivity index (χ3n) is 3.75. The predicted molar refractivity (Wildman–Crippen MR) is 101 cm³/mol. The van der Waals surface area contributed by atoms with Crippen LogP contribution in [0.3, 0.4) is 0 Å². The van der Waals surface area contributed by atoms with E-state index in [1.807, 2.05) is 30.3 Å². The minimum Gasteiger partial charge on any atom is -0.504 e. The minimum atomic E-state index is -0.0455. The Kier molecular flexibility index (Phi) is 6.04. The van der Waals surface area contributed by atoms with E-state index in [-0.39, 0.29) is 11.5 Å². The molecule has 0 atom stereocenters. The summed E-state index contributed by atoms with van der Waals surface area (Å²) < 4.78 is 10.7. The first-order valence-corrected chi connectivity index (χ1v) is 9.98. The van der Waals surface area contributed by atoms with Crippen LogP contribution >= 0.6 is 23.5 Å². The average Bonchev–Trinajstić information content (AvgIpc) is 3.29. The van der Waals surface area contributed by atoms with Crippen molar-refractivity contribution in [3.05, 3.63) is 59.9 Å². The van der Waals surface area contributed by atoms with Crippen molar-refractivity contribution >= 4 is 23.5 Å². The van der Waals surface area contributed by atoms with E-state index in [4.69, 9.17) is 8.83 Å². The molecule has 3 rings (SSSR count). The van der Waals surface area contributed by atoms with E-state index in [0.717, 1.165) is 45.7 Å². The molecule has 2 heterocycles. The van der Waals surface area contributed by atoms with Crippen LogP contribution in [0.1, 0.15) is 17.1 Å². The summed E-state index contributed by atoms with van der Waals surface area (Å²) >= 11 is 3.18. The van der Waals surface area contributed by atoms with Crippen LogP contribution in [0, 0.1) is 6.92 Å². The summed E-state index contributed by atoms with van der Waals surface area (Å²) in [7, 11) is 0. The lowest BCUT2D eigenvalue weighted by Gasteiger charge is -2.14.